The molecule has 3 N–H and O–H groups in total. The summed E-state index contributed by atoms with van der Waals surface area (Å²) in [5.74, 6) is 1.34. The number of halogens is 1. The Hall–Kier alpha value is -1.69. The topological polar surface area (TPSA) is 72.2 Å². The van der Waals surface area contributed by atoms with E-state index in [9.17, 15) is 9.00 Å². The zero-order chi connectivity index (χ0) is 18.1. The summed E-state index contributed by atoms with van der Waals surface area (Å²) in [6, 6.07) is 17.1. The molecular weight excluding hydrogens is 380 g/mol. The minimum atomic E-state index is -1.10. The summed E-state index contributed by atoms with van der Waals surface area (Å²) in [5.41, 5.74) is 7.98. The summed E-state index contributed by atoms with van der Waals surface area (Å²) in [6.45, 7) is 0. The molecule has 2 aliphatic rings. The van der Waals surface area contributed by atoms with Crippen LogP contribution in [-0.2, 0) is 21.3 Å². The van der Waals surface area contributed by atoms with E-state index in [0.29, 0.717) is 17.6 Å². The van der Waals surface area contributed by atoms with Crippen LogP contribution in [0.1, 0.15) is 24.8 Å². The quantitative estimate of drug-likeness (QED) is 0.797. The van der Waals surface area contributed by atoms with Gasteiger partial charge in [-0.05, 0) is 60.9 Å². The summed E-state index contributed by atoms with van der Waals surface area (Å²) in [5, 5.41) is 3.03. The first-order valence-corrected chi connectivity index (χ1v) is 10.5. The predicted molar refractivity (Wildman–Crippen MR) is 111 cm³/mol. The first kappa shape index (κ1) is 20.1. The molecule has 0 aromatic heterocycles. The number of nitrogens with two attached hydrogens (primary N) is 1. The highest BCUT2D eigenvalue weighted by molar-refractivity contribution is 7.84. The van der Waals surface area contributed by atoms with Crippen LogP contribution in [0.4, 0.5) is 5.69 Å². The lowest BCUT2D eigenvalue weighted by Crippen LogP contribution is -2.42. The molecule has 4 rings (SSSR count). The first-order chi connectivity index (χ1) is 12.6. The second-order valence-electron chi connectivity index (χ2n) is 7.43. The van der Waals surface area contributed by atoms with Crippen LogP contribution in [0.15, 0.2) is 59.5 Å². The van der Waals surface area contributed by atoms with Crippen LogP contribution in [0.5, 0.6) is 0 Å². The van der Waals surface area contributed by atoms with Crippen molar-refractivity contribution in [2.75, 3.05) is 5.32 Å². The number of rotatable bonds is 5. The van der Waals surface area contributed by atoms with Gasteiger partial charge in [0.1, 0.15) is 0 Å². The molecule has 0 radical (unpaired) electrons. The fourth-order valence-corrected chi connectivity index (χ4v) is 5.61. The van der Waals surface area contributed by atoms with Gasteiger partial charge in [0.05, 0.1) is 22.5 Å². The molecule has 5 atom stereocenters. The summed E-state index contributed by atoms with van der Waals surface area (Å²) in [4.78, 5) is 13.5. The van der Waals surface area contributed by atoms with Crippen LogP contribution in [0.2, 0.25) is 0 Å². The molecule has 0 aliphatic heterocycles. The average molecular weight is 405 g/mol. The van der Waals surface area contributed by atoms with Gasteiger partial charge in [-0.15, -0.1) is 12.4 Å². The van der Waals surface area contributed by atoms with Crippen molar-refractivity contribution in [2.45, 2.75) is 36.0 Å². The molecule has 5 unspecified atom stereocenters. The molecule has 2 fully saturated rings. The molecule has 4 nitrogen and oxygen atoms in total. The number of carbonyl (C=O) groups excluding carboxylic acids is 1. The third kappa shape index (κ3) is 4.26. The number of hydrogen-bond donors (Lipinski definition) is 2. The average Bonchev–Trinajstić information content (AvgIpc) is 3.24. The lowest BCUT2D eigenvalue weighted by Gasteiger charge is -2.27. The van der Waals surface area contributed by atoms with Crippen molar-refractivity contribution in [3.05, 3.63) is 60.2 Å². The molecule has 144 valence electrons. The number of hydrogen-bond acceptors (Lipinski definition) is 3. The van der Waals surface area contributed by atoms with Gasteiger partial charge < -0.3 is 11.1 Å². The van der Waals surface area contributed by atoms with Crippen LogP contribution < -0.4 is 11.1 Å². The summed E-state index contributed by atoms with van der Waals surface area (Å²) >= 11 is 0. The molecule has 0 saturated heterocycles. The minimum absolute atomic E-state index is 0. The van der Waals surface area contributed by atoms with E-state index in [1.165, 1.54) is 0 Å². The van der Waals surface area contributed by atoms with Crippen molar-refractivity contribution < 1.29 is 9.00 Å². The number of fused-ring (bicyclic) bond motifs is 2. The van der Waals surface area contributed by atoms with Gasteiger partial charge in [0.15, 0.2) is 0 Å². The Balaban J connectivity index is 0.00000210. The highest BCUT2D eigenvalue weighted by Gasteiger charge is 2.49. The fourth-order valence-electron chi connectivity index (χ4n) is 4.50. The van der Waals surface area contributed by atoms with Crippen molar-refractivity contribution in [1.82, 2.24) is 0 Å². The highest BCUT2D eigenvalue weighted by Crippen LogP contribution is 2.47. The molecule has 0 spiro atoms. The predicted octanol–water partition coefficient (Wildman–Crippen LogP) is 3.73. The van der Waals surface area contributed by atoms with E-state index in [0.717, 1.165) is 35.4 Å². The van der Waals surface area contributed by atoms with Gasteiger partial charge in [-0.2, -0.15) is 0 Å². The smallest absolute Gasteiger partial charge is 0.229 e. The first-order valence-electron chi connectivity index (χ1n) is 9.20. The van der Waals surface area contributed by atoms with Gasteiger partial charge in [0, 0.05) is 16.6 Å². The van der Waals surface area contributed by atoms with Gasteiger partial charge in [-0.3, -0.25) is 9.00 Å². The van der Waals surface area contributed by atoms with Crippen molar-refractivity contribution >= 4 is 34.8 Å². The molecule has 0 heterocycles. The molecule has 27 heavy (non-hydrogen) atoms. The number of carbonyl (C=O) groups is 1. The Kier molecular flexibility index (Phi) is 6.35. The zero-order valence-electron chi connectivity index (χ0n) is 15.0. The Morgan fingerprint density at radius 1 is 1.07 bits per heavy atom. The number of benzene rings is 2. The third-order valence-corrected chi connectivity index (χ3v) is 7.18. The highest BCUT2D eigenvalue weighted by atomic mass is 35.5. The maximum absolute atomic E-state index is 12.7. The van der Waals surface area contributed by atoms with Gasteiger partial charge >= 0.3 is 0 Å². The van der Waals surface area contributed by atoms with Crippen LogP contribution in [0.25, 0.3) is 0 Å². The van der Waals surface area contributed by atoms with Crippen LogP contribution in [0.3, 0.4) is 0 Å². The van der Waals surface area contributed by atoms with E-state index in [4.69, 9.17) is 5.73 Å². The number of anilines is 1. The fraction of sp³-hybridized carbons (Fsp3) is 0.381. The van der Waals surface area contributed by atoms with Gasteiger partial charge in [-0.25, -0.2) is 0 Å². The second-order valence-corrected chi connectivity index (χ2v) is 8.88. The Labute approximate surface area is 168 Å². The lowest BCUT2D eigenvalue weighted by atomic mass is 9.84. The molecule has 2 aliphatic carbocycles. The van der Waals surface area contributed by atoms with E-state index >= 15 is 0 Å². The van der Waals surface area contributed by atoms with Crippen molar-refractivity contribution in [1.29, 1.82) is 0 Å². The molecule has 2 saturated carbocycles. The zero-order valence-corrected chi connectivity index (χ0v) is 16.7. The van der Waals surface area contributed by atoms with E-state index in [2.05, 4.69) is 5.32 Å². The SMILES string of the molecule is Cl.NC1C2CCC(C2)C1C(=O)Nc1cccc(CS(=O)c2ccccc2)c1. The summed E-state index contributed by atoms with van der Waals surface area (Å²) in [7, 11) is -1.10. The minimum Gasteiger partial charge on any atom is -0.327 e. The molecule has 2 aromatic rings. The Morgan fingerprint density at radius 3 is 2.52 bits per heavy atom. The molecule has 6 heteroatoms. The van der Waals surface area contributed by atoms with Gasteiger partial charge in [0.2, 0.25) is 5.91 Å². The standard InChI is InChI=1S/C21H24N2O2S.ClH/c22-20-16-10-9-15(12-16)19(20)21(24)23-17-6-4-5-14(11-17)13-26(25)18-7-2-1-3-8-18;/h1-8,11,15-16,19-20H,9-10,12-13,22H2,(H,23,24);1H. The molecule has 2 aromatic carbocycles. The van der Waals surface area contributed by atoms with E-state index in [-0.39, 0.29) is 30.3 Å². The molecular formula is C21H25ClN2O2S. The monoisotopic (exact) mass is 404 g/mol. The van der Waals surface area contributed by atoms with Crippen molar-refractivity contribution in [2.24, 2.45) is 23.5 Å². The Morgan fingerprint density at radius 2 is 1.81 bits per heavy atom. The summed E-state index contributed by atoms with van der Waals surface area (Å²) < 4.78 is 12.5. The van der Waals surface area contributed by atoms with E-state index in [1.54, 1.807) is 0 Å². The van der Waals surface area contributed by atoms with Crippen LogP contribution in [0, 0.1) is 17.8 Å². The maximum Gasteiger partial charge on any atom is 0.229 e. The largest absolute Gasteiger partial charge is 0.327 e. The lowest BCUT2D eigenvalue weighted by molar-refractivity contribution is -0.121. The Bertz CT molecular complexity index is 828. The number of nitrogens with one attached hydrogen (secondary N) is 1. The molecule has 2 bridgehead atoms. The van der Waals surface area contributed by atoms with E-state index < -0.39 is 10.8 Å². The van der Waals surface area contributed by atoms with Crippen LogP contribution in [-0.4, -0.2) is 16.2 Å². The second kappa shape index (κ2) is 8.55. The van der Waals surface area contributed by atoms with Gasteiger partial charge in [0.25, 0.3) is 0 Å². The van der Waals surface area contributed by atoms with Crippen LogP contribution >= 0.6 is 12.4 Å². The van der Waals surface area contributed by atoms with Crippen molar-refractivity contribution in [3.63, 3.8) is 0 Å². The maximum atomic E-state index is 12.7. The van der Waals surface area contributed by atoms with E-state index in [1.807, 2.05) is 54.6 Å². The number of amides is 1. The molecule has 1 amide bonds. The third-order valence-electron chi connectivity index (χ3n) is 5.78. The normalized spacial score (nSPS) is 27.0. The van der Waals surface area contributed by atoms with Gasteiger partial charge in [-0.1, -0.05) is 30.3 Å². The van der Waals surface area contributed by atoms with Crippen molar-refractivity contribution in [3.8, 4) is 0 Å². The summed E-state index contributed by atoms with van der Waals surface area (Å²) in [6.07, 6.45) is 3.37.